The highest BCUT2D eigenvalue weighted by Gasteiger charge is 2.15. The third kappa shape index (κ3) is 4.44. The molecular weight excluding hydrogens is 282 g/mol. The minimum Gasteiger partial charge on any atom is -0.360 e. The van der Waals surface area contributed by atoms with Crippen LogP contribution in [0.4, 0.5) is 5.82 Å². The molecule has 2 amide bonds. The Kier molecular flexibility index (Phi) is 4.93. The first-order valence-corrected chi connectivity index (χ1v) is 6.98. The van der Waals surface area contributed by atoms with Crippen LogP contribution in [-0.2, 0) is 16.1 Å². The van der Waals surface area contributed by atoms with Gasteiger partial charge < -0.3 is 14.7 Å². The average Bonchev–Trinajstić information content (AvgIpc) is 2.85. The molecule has 1 heterocycles. The second-order valence-electron chi connectivity index (χ2n) is 5.23. The highest BCUT2D eigenvalue weighted by atomic mass is 16.5. The molecule has 2 aromatic rings. The Morgan fingerprint density at radius 3 is 2.45 bits per heavy atom. The van der Waals surface area contributed by atoms with Crippen molar-refractivity contribution in [2.45, 2.75) is 27.3 Å². The molecule has 0 spiro atoms. The zero-order valence-electron chi connectivity index (χ0n) is 12.9. The van der Waals surface area contributed by atoms with Gasteiger partial charge in [0.2, 0.25) is 11.8 Å². The van der Waals surface area contributed by atoms with Gasteiger partial charge in [-0.15, -0.1) is 0 Å². The summed E-state index contributed by atoms with van der Waals surface area (Å²) in [6.45, 7) is 5.54. The van der Waals surface area contributed by atoms with Gasteiger partial charge in [-0.2, -0.15) is 0 Å². The topological polar surface area (TPSA) is 75.4 Å². The molecule has 0 fully saturated rings. The minimum atomic E-state index is -0.310. The lowest BCUT2D eigenvalue weighted by molar-refractivity contribution is -0.133. The van der Waals surface area contributed by atoms with Crippen molar-refractivity contribution in [2.75, 3.05) is 11.9 Å². The first-order chi connectivity index (χ1) is 10.4. The van der Waals surface area contributed by atoms with E-state index in [-0.39, 0.29) is 18.4 Å². The van der Waals surface area contributed by atoms with Gasteiger partial charge in [0, 0.05) is 19.5 Å². The summed E-state index contributed by atoms with van der Waals surface area (Å²) in [6, 6.07) is 9.47. The van der Waals surface area contributed by atoms with Gasteiger partial charge in [-0.05, 0) is 19.4 Å². The van der Waals surface area contributed by atoms with E-state index in [1.807, 2.05) is 31.2 Å². The highest BCUT2D eigenvalue weighted by Crippen LogP contribution is 2.09. The summed E-state index contributed by atoms with van der Waals surface area (Å²) >= 11 is 0. The van der Waals surface area contributed by atoms with Crippen molar-refractivity contribution in [3.63, 3.8) is 0 Å². The number of hydrogen-bond acceptors (Lipinski definition) is 4. The van der Waals surface area contributed by atoms with Crippen molar-refractivity contribution in [1.82, 2.24) is 10.1 Å². The van der Waals surface area contributed by atoms with Crippen LogP contribution in [0.3, 0.4) is 0 Å². The monoisotopic (exact) mass is 301 g/mol. The molecular formula is C16H19N3O3. The Morgan fingerprint density at radius 1 is 1.23 bits per heavy atom. The zero-order chi connectivity index (χ0) is 16.1. The molecule has 0 atom stereocenters. The van der Waals surface area contributed by atoms with Gasteiger partial charge in [-0.25, -0.2) is 0 Å². The van der Waals surface area contributed by atoms with E-state index in [2.05, 4.69) is 10.5 Å². The van der Waals surface area contributed by atoms with E-state index >= 15 is 0 Å². The number of carbonyl (C=O) groups excluding carboxylic acids is 2. The predicted molar refractivity (Wildman–Crippen MR) is 82.1 cm³/mol. The molecule has 0 saturated carbocycles. The maximum atomic E-state index is 12.0. The summed E-state index contributed by atoms with van der Waals surface area (Å²) in [5.74, 6) is 0.488. The summed E-state index contributed by atoms with van der Waals surface area (Å²) in [4.78, 5) is 25.2. The number of aryl methyl sites for hydroxylation is 2. The molecule has 0 aliphatic carbocycles. The van der Waals surface area contributed by atoms with Gasteiger partial charge in [-0.1, -0.05) is 35.0 Å². The molecule has 6 nitrogen and oxygen atoms in total. The first-order valence-electron chi connectivity index (χ1n) is 6.98. The number of rotatable bonds is 5. The molecule has 2 rings (SSSR count). The quantitative estimate of drug-likeness (QED) is 0.919. The summed E-state index contributed by atoms with van der Waals surface area (Å²) in [5.41, 5.74) is 2.13. The van der Waals surface area contributed by atoms with Crippen molar-refractivity contribution in [3.05, 3.63) is 47.2 Å². The van der Waals surface area contributed by atoms with E-state index < -0.39 is 0 Å². The molecule has 0 radical (unpaired) electrons. The summed E-state index contributed by atoms with van der Waals surface area (Å²) in [5, 5.41) is 6.30. The summed E-state index contributed by atoms with van der Waals surface area (Å²) in [7, 11) is 0. The Morgan fingerprint density at radius 2 is 1.91 bits per heavy atom. The number of nitrogens with zero attached hydrogens (tertiary/aromatic N) is 2. The van der Waals surface area contributed by atoms with E-state index in [9.17, 15) is 9.59 Å². The normalized spacial score (nSPS) is 10.3. The van der Waals surface area contributed by atoms with Crippen LogP contribution in [0.1, 0.15) is 23.8 Å². The molecule has 6 heteroatoms. The maximum Gasteiger partial charge on any atom is 0.245 e. The fourth-order valence-corrected chi connectivity index (χ4v) is 1.97. The molecule has 116 valence electrons. The van der Waals surface area contributed by atoms with Crippen LogP contribution < -0.4 is 5.32 Å². The van der Waals surface area contributed by atoms with Gasteiger partial charge in [0.05, 0.1) is 0 Å². The van der Waals surface area contributed by atoms with Crippen LogP contribution in [0.2, 0.25) is 0 Å². The van der Waals surface area contributed by atoms with Crippen LogP contribution >= 0.6 is 0 Å². The molecule has 1 aromatic carbocycles. The number of anilines is 1. The first kappa shape index (κ1) is 15.8. The van der Waals surface area contributed by atoms with Crippen LogP contribution in [0.15, 0.2) is 34.9 Å². The van der Waals surface area contributed by atoms with Crippen molar-refractivity contribution in [1.29, 1.82) is 0 Å². The lowest BCUT2D eigenvalue weighted by atomic mass is 10.1. The van der Waals surface area contributed by atoms with Crippen molar-refractivity contribution in [2.24, 2.45) is 0 Å². The molecule has 0 bridgehead atoms. The predicted octanol–water partition coefficient (Wildman–Crippen LogP) is 2.28. The summed E-state index contributed by atoms with van der Waals surface area (Å²) in [6.07, 6.45) is 0. The fourth-order valence-electron chi connectivity index (χ4n) is 1.97. The third-order valence-corrected chi connectivity index (χ3v) is 3.17. The van der Waals surface area contributed by atoms with Gasteiger partial charge in [-0.3, -0.25) is 9.59 Å². The average molecular weight is 301 g/mol. The number of amides is 2. The second kappa shape index (κ2) is 6.89. The Hall–Kier alpha value is -2.63. The van der Waals surface area contributed by atoms with E-state index in [0.29, 0.717) is 18.1 Å². The van der Waals surface area contributed by atoms with Gasteiger partial charge in [0.25, 0.3) is 0 Å². The standard InChI is InChI=1S/C16H19N3O3/c1-11-4-6-14(7-5-11)9-19(13(3)20)10-16(21)17-15-8-12(2)22-18-15/h4-8H,9-10H2,1-3H3,(H,17,18,21). The van der Waals surface area contributed by atoms with Crippen molar-refractivity contribution >= 4 is 17.6 Å². The minimum absolute atomic E-state index is 0.0326. The van der Waals surface area contributed by atoms with E-state index in [1.54, 1.807) is 13.0 Å². The molecule has 0 unspecified atom stereocenters. The Bertz CT molecular complexity index is 662. The smallest absolute Gasteiger partial charge is 0.245 e. The van der Waals surface area contributed by atoms with E-state index in [4.69, 9.17) is 4.52 Å². The molecule has 0 saturated heterocycles. The van der Waals surface area contributed by atoms with E-state index in [1.165, 1.54) is 11.8 Å². The van der Waals surface area contributed by atoms with Gasteiger partial charge in [0.15, 0.2) is 5.82 Å². The molecule has 22 heavy (non-hydrogen) atoms. The molecule has 0 aliphatic rings. The lowest BCUT2D eigenvalue weighted by Gasteiger charge is -2.20. The van der Waals surface area contributed by atoms with E-state index in [0.717, 1.165) is 11.1 Å². The number of aromatic nitrogens is 1. The second-order valence-corrected chi connectivity index (χ2v) is 5.23. The molecule has 1 N–H and O–H groups in total. The number of nitrogens with one attached hydrogen (secondary N) is 1. The Balaban J connectivity index is 1.97. The van der Waals surface area contributed by atoms with Gasteiger partial charge in [0.1, 0.15) is 12.3 Å². The number of benzene rings is 1. The zero-order valence-corrected chi connectivity index (χ0v) is 12.9. The van der Waals surface area contributed by atoms with Crippen molar-refractivity contribution in [3.8, 4) is 0 Å². The third-order valence-electron chi connectivity index (χ3n) is 3.17. The van der Waals surface area contributed by atoms with Crippen molar-refractivity contribution < 1.29 is 14.1 Å². The van der Waals surface area contributed by atoms with Gasteiger partial charge >= 0.3 is 0 Å². The molecule has 1 aromatic heterocycles. The Labute approximate surface area is 129 Å². The maximum absolute atomic E-state index is 12.0. The number of hydrogen-bond donors (Lipinski definition) is 1. The van der Waals surface area contributed by atoms with Crippen LogP contribution in [0.5, 0.6) is 0 Å². The SMILES string of the molecule is CC(=O)N(CC(=O)Nc1cc(C)on1)Cc1ccc(C)cc1. The number of carbonyl (C=O) groups is 2. The molecule has 0 aliphatic heterocycles. The van der Waals surface area contributed by atoms with Crippen LogP contribution in [-0.4, -0.2) is 28.4 Å². The largest absolute Gasteiger partial charge is 0.360 e. The fraction of sp³-hybridized carbons (Fsp3) is 0.312. The lowest BCUT2D eigenvalue weighted by Crippen LogP contribution is -2.36. The summed E-state index contributed by atoms with van der Waals surface area (Å²) < 4.78 is 4.88. The van der Waals surface area contributed by atoms with Crippen LogP contribution in [0.25, 0.3) is 0 Å². The highest BCUT2D eigenvalue weighted by molar-refractivity contribution is 5.93. The van der Waals surface area contributed by atoms with Crippen LogP contribution in [0, 0.1) is 13.8 Å².